The van der Waals surface area contributed by atoms with Gasteiger partial charge in [0.1, 0.15) is 0 Å². The summed E-state index contributed by atoms with van der Waals surface area (Å²) in [6, 6.07) is 46.9. The molecular weight excluding hydrogens is 511 g/mol. The molecule has 0 spiro atoms. The van der Waals surface area contributed by atoms with E-state index in [4.69, 9.17) is 0 Å². The zero-order valence-electron chi connectivity index (χ0n) is 20.9. The fourth-order valence-electron chi connectivity index (χ4n) is 6.25. The van der Waals surface area contributed by atoms with Crippen LogP contribution in [0.25, 0.3) is 79.0 Å². The van der Waals surface area contributed by atoms with Gasteiger partial charge in [-0.1, -0.05) is 84.9 Å². The Bertz CT molecular complexity index is 2400. The van der Waals surface area contributed by atoms with Crippen molar-refractivity contribution in [3.05, 3.63) is 127 Å². The Morgan fingerprint density at radius 3 is 1.97 bits per heavy atom. The van der Waals surface area contributed by atoms with E-state index >= 15 is 0 Å². The number of hydrogen-bond acceptors (Lipinski definition) is 2. The topological polar surface area (TPSA) is 4.93 Å². The number of benzene rings is 6. The van der Waals surface area contributed by atoms with Crippen molar-refractivity contribution in [1.29, 1.82) is 0 Å². The van der Waals surface area contributed by atoms with Gasteiger partial charge in [-0.15, -0.1) is 22.7 Å². The lowest BCUT2D eigenvalue weighted by molar-refractivity contribution is 1.18. The van der Waals surface area contributed by atoms with Crippen molar-refractivity contribution in [3.63, 3.8) is 0 Å². The first-order valence-corrected chi connectivity index (χ1v) is 14.8. The number of aromatic nitrogens is 1. The Morgan fingerprint density at radius 1 is 0.410 bits per heavy atom. The lowest BCUT2D eigenvalue weighted by Gasteiger charge is -2.11. The molecular formula is C36H21NS2. The molecule has 6 aromatic carbocycles. The third-order valence-corrected chi connectivity index (χ3v) is 10.3. The van der Waals surface area contributed by atoms with Crippen molar-refractivity contribution in [2.45, 2.75) is 0 Å². The molecule has 3 heterocycles. The smallest absolute Gasteiger partial charge is 0.0548 e. The van der Waals surface area contributed by atoms with Gasteiger partial charge in [-0.25, -0.2) is 0 Å². The monoisotopic (exact) mass is 531 g/mol. The van der Waals surface area contributed by atoms with Crippen molar-refractivity contribution < 1.29 is 0 Å². The normalized spacial score (nSPS) is 12.1. The van der Waals surface area contributed by atoms with E-state index in [0.717, 1.165) is 0 Å². The fourth-order valence-corrected chi connectivity index (χ4v) is 8.62. The van der Waals surface area contributed by atoms with Gasteiger partial charge in [-0.05, 0) is 53.6 Å². The second-order valence-corrected chi connectivity index (χ2v) is 12.3. The number of para-hydroxylation sites is 1. The Morgan fingerprint density at radius 2 is 1.10 bits per heavy atom. The third-order valence-electron chi connectivity index (χ3n) is 7.99. The van der Waals surface area contributed by atoms with Gasteiger partial charge in [0.2, 0.25) is 0 Å². The van der Waals surface area contributed by atoms with Crippen molar-refractivity contribution in [3.8, 4) is 16.8 Å². The Kier molecular flexibility index (Phi) is 4.43. The lowest BCUT2D eigenvalue weighted by atomic mass is 10.0. The summed E-state index contributed by atoms with van der Waals surface area (Å²) in [5, 5.41) is 7.94. The average Bonchev–Trinajstić information content (AvgIpc) is 3.65. The summed E-state index contributed by atoms with van der Waals surface area (Å²) in [6.45, 7) is 0. The molecule has 3 heteroatoms. The molecule has 0 saturated carbocycles. The maximum atomic E-state index is 2.45. The van der Waals surface area contributed by atoms with Crippen LogP contribution in [0.4, 0.5) is 0 Å². The van der Waals surface area contributed by atoms with E-state index in [-0.39, 0.29) is 0 Å². The molecule has 0 radical (unpaired) electrons. The molecule has 0 aliphatic rings. The Balaban J connectivity index is 1.33. The molecule has 0 atom stereocenters. The van der Waals surface area contributed by atoms with E-state index in [2.05, 4.69) is 132 Å². The highest BCUT2D eigenvalue weighted by Crippen LogP contribution is 2.42. The highest BCUT2D eigenvalue weighted by molar-refractivity contribution is 7.26. The summed E-state index contributed by atoms with van der Waals surface area (Å²) in [5.41, 5.74) is 6.23. The van der Waals surface area contributed by atoms with Crippen LogP contribution in [0.5, 0.6) is 0 Å². The molecule has 9 aromatic rings. The van der Waals surface area contributed by atoms with Crippen LogP contribution in [0.1, 0.15) is 0 Å². The van der Waals surface area contributed by atoms with Crippen LogP contribution in [0, 0.1) is 0 Å². The molecule has 39 heavy (non-hydrogen) atoms. The summed E-state index contributed by atoms with van der Waals surface area (Å²) < 4.78 is 7.83. The van der Waals surface area contributed by atoms with Gasteiger partial charge < -0.3 is 4.57 Å². The highest BCUT2D eigenvalue weighted by atomic mass is 32.1. The van der Waals surface area contributed by atoms with Gasteiger partial charge in [0, 0.05) is 56.8 Å². The minimum absolute atomic E-state index is 1.19. The van der Waals surface area contributed by atoms with E-state index in [0.29, 0.717) is 0 Å². The van der Waals surface area contributed by atoms with E-state index in [1.54, 1.807) is 0 Å². The van der Waals surface area contributed by atoms with Crippen LogP contribution < -0.4 is 0 Å². The second-order valence-electron chi connectivity index (χ2n) is 10.1. The molecule has 1 nitrogen and oxygen atoms in total. The van der Waals surface area contributed by atoms with Gasteiger partial charge in [0.15, 0.2) is 0 Å². The third kappa shape index (κ3) is 3.06. The number of nitrogens with zero attached hydrogens (tertiary/aromatic N) is 1. The Hall–Kier alpha value is -4.44. The molecule has 0 aliphatic heterocycles. The van der Waals surface area contributed by atoms with Crippen molar-refractivity contribution in [2.24, 2.45) is 0 Å². The SMILES string of the molecule is c1cc(-c2cccc3c2sc2ccccc23)cc(-n2c3ccccc3c3cc4sc5ccccc5c4cc32)c1. The first kappa shape index (κ1) is 21.5. The molecule has 0 fully saturated rings. The zero-order chi connectivity index (χ0) is 25.5. The van der Waals surface area contributed by atoms with Crippen LogP contribution in [0.2, 0.25) is 0 Å². The maximum Gasteiger partial charge on any atom is 0.0548 e. The van der Waals surface area contributed by atoms with E-state index < -0.39 is 0 Å². The molecule has 0 amide bonds. The van der Waals surface area contributed by atoms with Crippen molar-refractivity contribution in [1.82, 2.24) is 4.57 Å². The largest absolute Gasteiger partial charge is 0.309 e. The van der Waals surface area contributed by atoms with E-state index in [1.807, 2.05) is 22.7 Å². The summed E-state index contributed by atoms with van der Waals surface area (Å²) in [6.07, 6.45) is 0. The lowest BCUT2D eigenvalue weighted by Crippen LogP contribution is -1.94. The van der Waals surface area contributed by atoms with Crippen LogP contribution in [0.3, 0.4) is 0 Å². The molecule has 0 unspecified atom stereocenters. The standard InChI is InChI=1S/C36H21NS2/c1-4-16-31-25(11-1)29-21-35-30(27-13-3-5-17-33(27)38-35)20-32(29)37(31)23-10-7-9-22(19-23)24-14-8-15-28-26-12-2-6-18-34(26)39-36(24)28/h1-21H. The maximum absolute atomic E-state index is 2.45. The predicted molar refractivity (Wildman–Crippen MR) is 172 cm³/mol. The Labute approximate surface area is 232 Å². The highest BCUT2D eigenvalue weighted by Gasteiger charge is 2.16. The number of thiophene rings is 2. The van der Waals surface area contributed by atoms with Crippen LogP contribution in [0.15, 0.2) is 127 Å². The first-order chi connectivity index (χ1) is 19.3. The van der Waals surface area contributed by atoms with Crippen molar-refractivity contribution >= 4 is 84.8 Å². The van der Waals surface area contributed by atoms with Gasteiger partial charge in [-0.2, -0.15) is 0 Å². The minimum atomic E-state index is 1.19. The molecule has 0 aliphatic carbocycles. The predicted octanol–water partition coefficient (Wildman–Crippen LogP) is 11.2. The molecule has 0 saturated heterocycles. The summed E-state index contributed by atoms with van der Waals surface area (Å²) in [4.78, 5) is 0. The quantitative estimate of drug-likeness (QED) is 0.209. The summed E-state index contributed by atoms with van der Waals surface area (Å²) in [5.74, 6) is 0. The van der Waals surface area contributed by atoms with E-state index in [1.165, 1.54) is 79.0 Å². The zero-order valence-corrected chi connectivity index (χ0v) is 22.5. The van der Waals surface area contributed by atoms with Gasteiger partial charge in [0.05, 0.1) is 11.0 Å². The first-order valence-electron chi connectivity index (χ1n) is 13.2. The van der Waals surface area contributed by atoms with Crippen LogP contribution >= 0.6 is 22.7 Å². The summed E-state index contributed by atoms with van der Waals surface area (Å²) in [7, 11) is 0. The van der Waals surface area contributed by atoms with Crippen molar-refractivity contribution in [2.75, 3.05) is 0 Å². The number of rotatable bonds is 2. The summed E-state index contributed by atoms with van der Waals surface area (Å²) >= 11 is 3.77. The molecule has 9 rings (SSSR count). The number of fused-ring (bicyclic) bond motifs is 9. The molecule has 182 valence electrons. The van der Waals surface area contributed by atoms with Gasteiger partial charge in [-0.3, -0.25) is 0 Å². The average molecular weight is 532 g/mol. The molecule has 3 aromatic heterocycles. The van der Waals surface area contributed by atoms with Gasteiger partial charge in [0.25, 0.3) is 0 Å². The van der Waals surface area contributed by atoms with E-state index in [9.17, 15) is 0 Å². The van der Waals surface area contributed by atoms with Crippen LogP contribution in [-0.2, 0) is 0 Å². The minimum Gasteiger partial charge on any atom is -0.309 e. The van der Waals surface area contributed by atoms with Crippen LogP contribution in [-0.4, -0.2) is 4.57 Å². The second kappa shape index (κ2) is 8.03. The van der Waals surface area contributed by atoms with Gasteiger partial charge >= 0.3 is 0 Å². The molecule has 0 bridgehead atoms. The molecule has 0 N–H and O–H groups in total. The fraction of sp³-hybridized carbons (Fsp3) is 0. The number of hydrogen-bond donors (Lipinski definition) is 0.